The molecule has 1 saturated carbocycles. The Bertz CT molecular complexity index is 863. The van der Waals surface area contributed by atoms with Crippen LogP contribution in [-0.4, -0.2) is 52.7 Å². The highest BCUT2D eigenvalue weighted by molar-refractivity contribution is 7.53. The molecule has 0 amide bonds. The van der Waals surface area contributed by atoms with Crippen molar-refractivity contribution in [3.63, 3.8) is 0 Å². The molecule has 0 unspecified atom stereocenters. The molecule has 3 rings (SSSR count). The minimum absolute atomic E-state index is 0.0687. The van der Waals surface area contributed by atoms with Gasteiger partial charge in [-0.25, -0.2) is 0 Å². The van der Waals surface area contributed by atoms with Crippen molar-refractivity contribution in [1.82, 2.24) is 0 Å². The summed E-state index contributed by atoms with van der Waals surface area (Å²) >= 11 is 0. The van der Waals surface area contributed by atoms with Crippen molar-refractivity contribution in [3.05, 3.63) is 23.3 Å². The molecule has 194 valence electrons. The molecule has 0 spiro atoms. The van der Waals surface area contributed by atoms with Gasteiger partial charge in [-0.1, -0.05) is 19.9 Å². The molecule has 3 atom stereocenters. The summed E-state index contributed by atoms with van der Waals surface area (Å²) in [6, 6.07) is 3.92. The average Bonchev–Trinajstić information content (AvgIpc) is 2.76. The Morgan fingerprint density at radius 3 is 2.35 bits per heavy atom. The van der Waals surface area contributed by atoms with Crippen LogP contribution >= 0.6 is 7.60 Å². The highest BCUT2D eigenvalue weighted by atomic mass is 31.2. The van der Waals surface area contributed by atoms with Gasteiger partial charge in [0.25, 0.3) is 0 Å². The summed E-state index contributed by atoms with van der Waals surface area (Å²) in [7, 11) is -0.0498. The molecule has 2 aliphatic rings. The van der Waals surface area contributed by atoms with E-state index in [-0.39, 0.29) is 42.8 Å². The van der Waals surface area contributed by atoms with Gasteiger partial charge in [-0.2, -0.15) is 0 Å². The minimum Gasteiger partial charge on any atom is -0.483 e. The summed E-state index contributed by atoms with van der Waals surface area (Å²) in [5.41, 5.74) is 1.34. The van der Waals surface area contributed by atoms with Crippen molar-refractivity contribution in [1.29, 1.82) is 0 Å². The quantitative estimate of drug-likeness (QED) is 0.273. The number of fused-ring (bicyclic) bond motifs is 2. The lowest BCUT2D eigenvalue weighted by atomic mass is 9.57. The van der Waals surface area contributed by atoms with Crippen LogP contribution in [0.25, 0.3) is 0 Å². The van der Waals surface area contributed by atoms with E-state index in [1.165, 1.54) is 0 Å². The summed E-state index contributed by atoms with van der Waals surface area (Å²) in [6.07, 6.45) is 2.77. The standard InChI is InChI=1S/C25H41O8P/c1-8-31-34(26,32-9-2)15-18-12-19-14-21-24(3,4)22(30-17-28-7)10-11-25(21,5)33-23(19)20(13-18)29-16-27-6/h12-13,21-22H,8-11,14-17H2,1-7H3/t21-,22-,25-/m1/s1. The third-order valence-electron chi connectivity index (χ3n) is 7.07. The van der Waals surface area contributed by atoms with Crippen LogP contribution in [0.5, 0.6) is 11.5 Å². The van der Waals surface area contributed by atoms with Gasteiger partial charge in [-0.3, -0.25) is 4.57 Å². The van der Waals surface area contributed by atoms with Crippen LogP contribution in [0.4, 0.5) is 0 Å². The largest absolute Gasteiger partial charge is 0.483 e. The van der Waals surface area contributed by atoms with Crippen molar-refractivity contribution in [2.75, 3.05) is 41.0 Å². The topological polar surface area (TPSA) is 81.7 Å². The molecule has 1 heterocycles. The van der Waals surface area contributed by atoms with Crippen LogP contribution in [0.15, 0.2) is 12.1 Å². The van der Waals surface area contributed by atoms with E-state index in [0.29, 0.717) is 19.0 Å². The summed E-state index contributed by atoms with van der Waals surface area (Å²) in [5, 5.41) is 0. The highest BCUT2D eigenvalue weighted by Gasteiger charge is 2.55. The maximum absolute atomic E-state index is 13.2. The van der Waals surface area contributed by atoms with Crippen molar-refractivity contribution in [3.8, 4) is 11.5 Å². The lowest BCUT2D eigenvalue weighted by Crippen LogP contribution is -2.59. The number of benzene rings is 1. The lowest BCUT2D eigenvalue weighted by molar-refractivity contribution is -0.185. The molecule has 0 N–H and O–H groups in total. The smallest absolute Gasteiger partial charge is 0.335 e. The summed E-state index contributed by atoms with van der Waals surface area (Å²) in [4.78, 5) is 0. The van der Waals surface area contributed by atoms with Gasteiger partial charge < -0.3 is 32.7 Å². The second kappa shape index (κ2) is 11.3. The average molecular weight is 501 g/mol. The molecule has 1 aromatic carbocycles. The number of ether oxygens (including phenoxy) is 5. The minimum atomic E-state index is -3.27. The van der Waals surface area contributed by atoms with E-state index < -0.39 is 7.60 Å². The van der Waals surface area contributed by atoms with E-state index in [4.69, 9.17) is 32.7 Å². The number of hydrogen-bond donors (Lipinski definition) is 0. The molecule has 0 bridgehead atoms. The zero-order valence-corrected chi connectivity index (χ0v) is 22.6. The molecule has 1 aromatic rings. The summed E-state index contributed by atoms with van der Waals surface area (Å²) in [5.74, 6) is 1.53. The number of methoxy groups -OCH3 is 2. The first-order valence-electron chi connectivity index (χ1n) is 12.1. The monoisotopic (exact) mass is 500 g/mol. The van der Waals surface area contributed by atoms with Gasteiger partial charge in [0.2, 0.25) is 0 Å². The Morgan fingerprint density at radius 1 is 1.06 bits per heavy atom. The van der Waals surface area contributed by atoms with E-state index in [2.05, 4.69) is 26.8 Å². The SMILES string of the molecule is CCOP(=O)(Cc1cc2c(c(OCOC)c1)O[C@]1(C)CC[C@@H](OCOC)C(C)(C)[C@H]1C2)OCC. The first kappa shape index (κ1) is 27.4. The van der Waals surface area contributed by atoms with Crippen molar-refractivity contribution in [2.24, 2.45) is 11.3 Å². The van der Waals surface area contributed by atoms with Gasteiger partial charge in [0.05, 0.1) is 25.5 Å². The molecule has 0 radical (unpaired) electrons. The van der Waals surface area contributed by atoms with Crippen LogP contribution in [-0.2, 0) is 40.4 Å². The Balaban J connectivity index is 1.99. The van der Waals surface area contributed by atoms with Crippen molar-refractivity contribution >= 4 is 7.60 Å². The zero-order chi connectivity index (χ0) is 25.0. The molecule has 9 heteroatoms. The van der Waals surface area contributed by atoms with Crippen LogP contribution in [0.3, 0.4) is 0 Å². The van der Waals surface area contributed by atoms with Gasteiger partial charge in [0.1, 0.15) is 12.4 Å². The fourth-order valence-electron chi connectivity index (χ4n) is 5.53. The van der Waals surface area contributed by atoms with Gasteiger partial charge in [0.15, 0.2) is 18.3 Å². The van der Waals surface area contributed by atoms with Crippen LogP contribution in [0.2, 0.25) is 0 Å². The zero-order valence-electron chi connectivity index (χ0n) is 21.7. The lowest BCUT2D eigenvalue weighted by Gasteiger charge is -2.56. The van der Waals surface area contributed by atoms with Crippen LogP contribution in [0, 0.1) is 11.3 Å². The number of hydrogen-bond acceptors (Lipinski definition) is 8. The first-order valence-corrected chi connectivity index (χ1v) is 13.8. The third-order valence-corrected chi connectivity index (χ3v) is 9.12. The third kappa shape index (κ3) is 5.80. The first-order chi connectivity index (χ1) is 16.1. The van der Waals surface area contributed by atoms with E-state index in [0.717, 1.165) is 36.1 Å². The molecular weight excluding hydrogens is 459 g/mol. The Kier molecular flexibility index (Phi) is 9.10. The van der Waals surface area contributed by atoms with E-state index in [1.807, 2.05) is 19.9 Å². The summed E-state index contributed by atoms with van der Waals surface area (Å²) in [6.45, 7) is 11.3. The Hall–Kier alpha value is -1.15. The van der Waals surface area contributed by atoms with Gasteiger partial charge in [0, 0.05) is 20.1 Å². The fourth-order valence-corrected chi connectivity index (χ4v) is 7.21. The predicted molar refractivity (Wildman–Crippen MR) is 129 cm³/mol. The molecule has 0 aromatic heterocycles. The maximum atomic E-state index is 13.2. The van der Waals surface area contributed by atoms with Gasteiger partial charge in [-0.05, 0) is 62.6 Å². The Morgan fingerprint density at radius 2 is 1.74 bits per heavy atom. The van der Waals surface area contributed by atoms with Gasteiger partial charge in [-0.15, -0.1) is 0 Å². The molecular formula is C25H41O8P. The normalized spacial score (nSPS) is 25.9. The fraction of sp³-hybridized carbons (Fsp3) is 0.760. The Labute approximate surface area is 204 Å². The predicted octanol–water partition coefficient (Wildman–Crippen LogP) is 5.55. The summed E-state index contributed by atoms with van der Waals surface area (Å²) < 4.78 is 53.3. The highest BCUT2D eigenvalue weighted by Crippen LogP contribution is 2.57. The van der Waals surface area contributed by atoms with E-state index in [1.54, 1.807) is 14.2 Å². The second-order valence-corrected chi connectivity index (χ2v) is 11.9. The molecule has 1 aliphatic carbocycles. The molecule has 1 fully saturated rings. The van der Waals surface area contributed by atoms with Crippen molar-refractivity contribution in [2.45, 2.75) is 71.7 Å². The van der Waals surface area contributed by atoms with E-state index >= 15 is 0 Å². The number of rotatable bonds is 12. The van der Waals surface area contributed by atoms with Gasteiger partial charge >= 0.3 is 7.60 Å². The van der Waals surface area contributed by atoms with E-state index in [9.17, 15) is 4.57 Å². The van der Waals surface area contributed by atoms with Crippen LogP contribution < -0.4 is 9.47 Å². The second-order valence-electron chi connectivity index (χ2n) is 9.83. The van der Waals surface area contributed by atoms with Crippen molar-refractivity contribution < 1.29 is 37.3 Å². The molecule has 8 nitrogen and oxygen atoms in total. The maximum Gasteiger partial charge on any atom is 0.335 e. The van der Waals surface area contributed by atoms with Crippen LogP contribution in [0.1, 0.15) is 58.6 Å². The molecule has 1 aliphatic heterocycles. The molecule has 0 saturated heterocycles. The molecule has 34 heavy (non-hydrogen) atoms.